The molecule has 1 saturated carbocycles. The highest BCUT2D eigenvalue weighted by atomic mass is 19.4. The largest absolute Gasteiger partial charge is 0.488 e. The molecule has 0 unspecified atom stereocenters. The molecule has 0 atom stereocenters. The van der Waals surface area contributed by atoms with Crippen molar-refractivity contribution in [3.63, 3.8) is 0 Å². The van der Waals surface area contributed by atoms with Crippen molar-refractivity contribution < 1.29 is 27.8 Å². The molecule has 1 N–H and O–H groups in total. The molecule has 1 aliphatic rings. The molecule has 0 amide bonds. The second kappa shape index (κ2) is 7.52. The van der Waals surface area contributed by atoms with E-state index in [1.807, 2.05) is 6.07 Å². The van der Waals surface area contributed by atoms with E-state index in [9.17, 15) is 23.1 Å². The predicted octanol–water partition coefficient (Wildman–Crippen LogP) is 6.07. The number of halogens is 3. The number of hydrogen-bond acceptors (Lipinski definition) is 2. The van der Waals surface area contributed by atoms with Gasteiger partial charge in [-0.2, -0.15) is 13.2 Å². The first kappa shape index (κ1) is 20.0. The maximum absolute atomic E-state index is 14.1. The molecule has 0 saturated heterocycles. The highest BCUT2D eigenvalue weighted by Crippen LogP contribution is 2.55. The number of ether oxygens (including phenoxy) is 1. The van der Waals surface area contributed by atoms with E-state index in [2.05, 4.69) is 0 Å². The summed E-state index contributed by atoms with van der Waals surface area (Å²) in [5.74, 6) is -1.59. The van der Waals surface area contributed by atoms with E-state index >= 15 is 0 Å². The molecule has 3 nitrogen and oxygen atoms in total. The topological polar surface area (TPSA) is 46.5 Å². The number of carboxylic acids is 1. The number of rotatable bonds is 6. The van der Waals surface area contributed by atoms with Gasteiger partial charge < -0.3 is 9.84 Å². The van der Waals surface area contributed by atoms with Crippen LogP contribution in [-0.2, 0) is 23.0 Å². The van der Waals surface area contributed by atoms with Gasteiger partial charge in [0.1, 0.15) is 17.9 Å². The quantitative estimate of drug-likeness (QED) is 0.535. The van der Waals surface area contributed by atoms with Crippen molar-refractivity contribution in [2.75, 3.05) is 0 Å². The summed E-state index contributed by atoms with van der Waals surface area (Å²) in [5, 5.41) is 9.70. The fourth-order valence-electron chi connectivity index (χ4n) is 3.66. The molecule has 0 spiro atoms. The van der Waals surface area contributed by atoms with Crippen molar-refractivity contribution >= 4 is 5.97 Å². The number of carbonyl (C=O) groups is 1. The van der Waals surface area contributed by atoms with Gasteiger partial charge in [-0.3, -0.25) is 4.79 Å². The highest BCUT2D eigenvalue weighted by Gasteiger charge is 2.56. The van der Waals surface area contributed by atoms with Crippen LogP contribution in [0.3, 0.4) is 0 Å². The van der Waals surface area contributed by atoms with Gasteiger partial charge in [-0.15, -0.1) is 0 Å². The molecule has 4 rings (SSSR count). The molecule has 0 aliphatic heterocycles. The average Bonchev–Trinajstić information content (AvgIpc) is 3.54. The Morgan fingerprint density at radius 1 is 0.933 bits per heavy atom. The van der Waals surface area contributed by atoms with Gasteiger partial charge in [0.2, 0.25) is 0 Å². The maximum atomic E-state index is 14.1. The molecule has 0 radical (unpaired) electrons. The third-order valence-electron chi connectivity index (χ3n) is 5.40. The Morgan fingerprint density at radius 2 is 1.53 bits per heavy atom. The van der Waals surface area contributed by atoms with E-state index in [4.69, 9.17) is 4.74 Å². The van der Waals surface area contributed by atoms with Crippen molar-refractivity contribution in [2.45, 2.75) is 31.0 Å². The normalized spacial score (nSPS) is 14.9. The van der Waals surface area contributed by atoms with Crippen molar-refractivity contribution in [1.82, 2.24) is 0 Å². The van der Waals surface area contributed by atoms with Crippen LogP contribution in [0.1, 0.15) is 29.5 Å². The van der Waals surface area contributed by atoms with Gasteiger partial charge in [0.25, 0.3) is 0 Å². The summed E-state index contributed by atoms with van der Waals surface area (Å²) in [6.45, 7) is -0.0539. The summed E-state index contributed by atoms with van der Waals surface area (Å²) < 4.78 is 48.0. The minimum absolute atomic E-state index is 0.0539. The molecular formula is C24H19F3O3. The van der Waals surface area contributed by atoms with Gasteiger partial charge in [-0.25, -0.2) is 0 Å². The van der Waals surface area contributed by atoms with Crippen LogP contribution in [0.2, 0.25) is 0 Å². The van der Waals surface area contributed by atoms with E-state index in [-0.39, 0.29) is 30.8 Å². The molecule has 0 aromatic heterocycles. The van der Waals surface area contributed by atoms with Crippen molar-refractivity contribution in [2.24, 2.45) is 0 Å². The first-order valence-corrected chi connectivity index (χ1v) is 9.52. The summed E-state index contributed by atoms with van der Waals surface area (Å²) in [6.07, 6.45) is -4.41. The monoisotopic (exact) mass is 412 g/mol. The second-order valence-corrected chi connectivity index (χ2v) is 7.42. The fourth-order valence-corrected chi connectivity index (χ4v) is 3.66. The minimum Gasteiger partial charge on any atom is -0.488 e. The van der Waals surface area contributed by atoms with Crippen LogP contribution in [0.15, 0.2) is 72.8 Å². The Labute approximate surface area is 171 Å². The van der Waals surface area contributed by atoms with E-state index in [1.165, 1.54) is 12.1 Å². The zero-order valence-corrected chi connectivity index (χ0v) is 15.9. The molecule has 0 bridgehead atoms. The molecule has 6 heteroatoms. The number of hydrogen-bond donors (Lipinski definition) is 1. The lowest BCUT2D eigenvalue weighted by Crippen LogP contribution is -2.25. The molecule has 30 heavy (non-hydrogen) atoms. The first-order valence-electron chi connectivity index (χ1n) is 9.52. The third-order valence-corrected chi connectivity index (χ3v) is 5.40. The van der Waals surface area contributed by atoms with Crippen molar-refractivity contribution in [3.05, 3.63) is 89.5 Å². The van der Waals surface area contributed by atoms with Gasteiger partial charge >= 0.3 is 12.1 Å². The summed E-state index contributed by atoms with van der Waals surface area (Å²) in [6, 6.07) is 20.5. The molecule has 0 heterocycles. The minimum atomic E-state index is -4.75. The summed E-state index contributed by atoms with van der Waals surface area (Å²) in [5.41, 5.74) is -0.852. The summed E-state index contributed by atoms with van der Waals surface area (Å²) >= 11 is 0. The Morgan fingerprint density at radius 3 is 2.07 bits per heavy atom. The Balaban J connectivity index is 1.88. The van der Waals surface area contributed by atoms with E-state index in [1.54, 1.807) is 54.6 Å². The number of aliphatic carboxylic acids is 1. The van der Waals surface area contributed by atoms with Crippen LogP contribution in [0.4, 0.5) is 13.2 Å². The van der Waals surface area contributed by atoms with E-state index in [0.717, 1.165) is 5.56 Å². The Kier molecular flexibility index (Phi) is 5.02. The van der Waals surface area contributed by atoms with Crippen LogP contribution in [0.5, 0.6) is 5.75 Å². The zero-order valence-electron chi connectivity index (χ0n) is 15.9. The van der Waals surface area contributed by atoms with Crippen LogP contribution in [0.25, 0.3) is 11.1 Å². The lowest BCUT2D eigenvalue weighted by atomic mass is 9.87. The second-order valence-electron chi connectivity index (χ2n) is 7.42. The predicted molar refractivity (Wildman–Crippen MR) is 106 cm³/mol. The molecular weight excluding hydrogens is 393 g/mol. The molecule has 154 valence electrons. The van der Waals surface area contributed by atoms with Crippen molar-refractivity contribution in [1.29, 1.82) is 0 Å². The SMILES string of the molecule is O=C(O)C1(c2cc(-c3ccccc3)cc(OCc3ccccc3)c2C(F)(F)F)CC1. The van der Waals surface area contributed by atoms with Crippen LogP contribution < -0.4 is 4.74 Å². The molecule has 1 fully saturated rings. The number of alkyl halides is 3. The smallest absolute Gasteiger partial charge is 0.420 e. The van der Waals surface area contributed by atoms with Gasteiger partial charge in [-0.1, -0.05) is 60.7 Å². The van der Waals surface area contributed by atoms with Crippen LogP contribution in [-0.4, -0.2) is 11.1 Å². The highest BCUT2D eigenvalue weighted by molar-refractivity contribution is 5.87. The lowest BCUT2D eigenvalue weighted by molar-refractivity contribution is -0.143. The van der Waals surface area contributed by atoms with Gasteiger partial charge in [-0.05, 0) is 47.2 Å². The first-order chi connectivity index (χ1) is 14.3. The van der Waals surface area contributed by atoms with Gasteiger partial charge in [0.05, 0.1) is 5.41 Å². The molecule has 1 aliphatic carbocycles. The standard InChI is InChI=1S/C24H19F3O3/c25-24(26,27)21-19(23(11-12-23)22(28)29)13-18(17-9-5-2-6-10-17)14-20(21)30-15-16-7-3-1-4-8-16/h1-10,13-14H,11-12,15H2,(H,28,29). The molecule has 3 aromatic rings. The molecule has 3 aromatic carbocycles. The average molecular weight is 412 g/mol. The van der Waals surface area contributed by atoms with Crippen LogP contribution >= 0.6 is 0 Å². The van der Waals surface area contributed by atoms with E-state index in [0.29, 0.717) is 11.1 Å². The lowest BCUT2D eigenvalue weighted by Gasteiger charge is -2.23. The number of carboxylic acid groups (broad SMARTS) is 1. The Hall–Kier alpha value is -3.28. The van der Waals surface area contributed by atoms with Crippen molar-refractivity contribution in [3.8, 4) is 16.9 Å². The third kappa shape index (κ3) is 3.77. The number of benzene rings is 3. The Bertz CT molecular complexity index is 1060. The fraction of sp³-hybridized carbons (Fsp3) is 0.208. The summed E-state index contributed by atoms with van der Waals surface area (Å²) in [4.78, 5) is 11.9. The van der Waals surface area contributed by atoms with Crippen LogP contribution in [0, 0.1) is 0 Å². The van der Waals surface area contributed by atoms with Gasteiger partial charge in [0.15, 0.2) is 0 Å². The summed E-state index contributed by atoms with van der Waals surface area (Å²) in [7, 11) is 0. The zero-order chi connectivity index (χ0) is 21.4. The van der Waals surface area contributed by atoms with Gasteiger partial charge in [0, 0.05) is 0 Å². The van der Waals surface area contributed by atoms with E-state index < -0.39 is 23.1 Å². The maximum Gasteiger partial charge on any atom is 0.420 e.